The monoisotopic (exact) mass is 369 g/mol. The minimum absolute atomic E-state index is 0.180. The average Bonchev–Trinajstić information content (AvgIpc) is 2.95. The number of hydrogen-bond donors (Lipinski definition) is 2. The van der Waals surface area contributed by atoms with Gasteiger partial charge in [0.15, 0.2) is 0 Å². The third-order valence-corrected chi connectivity index (χ3v) is 5.87. The summed E-state index contributed by atoms with van der Waals surface area (Å²) in [7, 11) is -2.68. The minimum Gasteiger partial charge on any atom is -0.507 e. The smallest absolute Gasteiger partial charge is 0.371 e. The van der Waals surface area contributed by atoms with Gasteiger partial charge in [0.25, 0.3) is 0 Å². The van der Waals surface area contributed by atoms with Crippen LogP contribution in [0.3, 0.4) is 0 Å². The van der Waals surface area contributed by atoms with Gasteiger partial charge in [0.1, 0.15) is 5.75 Å². The predicted molar refractivity (Wildman–Crippen MR) is 98.4 cm³/mol. The van der Waals surface area contributed by atoms with Crippen molar-refractivity contribution in [1.29, 1.82) is 0 Å². The Morgan fingerprint density at radius 1 is 1.16 bits per heavy atom. The lowest BCUT2D eigenvalue weighted by Crippen LogP contribution is -2.19. The summed E-state index contributed by atoms with van der Waals surface area (Å²) in [5.74, 6) is -0.720. The fourth-order valence-electron chi connectivity index (χ4n) is 2.77. The van der Waals surface area contributed by atoms with E-state index in [-0.39, 0.29) is 23.0 Å². The predicted octanol–water partition coefficient (Wildman–Crippen LogP) is 4.27. The van der Waals surface area contributed by atoms with Crippen molar-refractivity contribution in [3.8, 4) is 5.75 Å². The number of benzene rings is 1. The Kier molecular flexibility index (Phi) is 5.12. The van der Waals surface area contributed by atoms with Crippen molar-refractivity contribution in [1.82, 2.24) is 0 Å². The minimum atomic E-state index is -3.86. The summed E-state index contributed by atoms with van der Waals surface area (Å²) in [4.78, 5) is 14.9. The van der Waals surface area contributed by atoms with Gasteiger partial charge in [0.05, 0.1) is 5.71 Å². The molecule has 0 saturated heterocycles. The number of oxime groups is 1. The highest BCUT2D eigenvalue weighted by atomic mass is 31.2. The molecular weight excluding hydrogens is 341 g/mol. The number of phenolic OH excluding ortho intramolecular Hbond substituents is 1. The van der Waals surface area contributed by atoms with E-state index in [4.69, 9.17) is 4.84 Å². The average molecular weight is 369 g/mol. The van der Waals surface area contributed by atoms with Crippen molar-refractivity contribution in [3.05, 3.63) is 28.8 Å². The first kappa shape index (κ1) is 20.0. The molecule has 1 aliphatic heterocycles. The Bertz CT molecular complexity index is 708. The van der Waals surface area contributed by atoms with E-state index in [0.29, 0.717) is 5.71 Å². The maximum atomic E-state index is 12.0. The molecule has 0 radical (unpaired) electrons. The Morgan fingerprint density at radius 3 is 2.04 bits per heavy atom. The fraction of sp³-hybridized carbons (Fsp3) is 0.611. The highest BCUT2D eigenvalue weighted by Crippen LogP contribution is 2.51. The van der Waals surface area contributed by atoms with Crippen LogP contribution >= 0.6 is 7.60 Å². The summed E-state index contributed by atoms with van der Waals surface area (Å²) in [6, 6.07) is 3.76. The van der Waals surface area contributed by atoms with Gasteiger partial charge in [0.2, 0.25) is 5.85 Å². The van der Waals surface area contributed by atoms with Gasteiger partial charge in [-0.15, -0.1) is 0 Å². The highest BCUT2D eigenvalue weighted by Gasteiger charge is 2.39. The van der Waals surface area contributed by atoms with E-state index in [1.165, 1.54) is 7.11 Å². The maximum Gasteiger partial charge on any atom is 0.371 e. The van der Waals surface area contributed by atoms with Crippen molar-refractivity contribution in [3.63, 3.8) is 0 Å². The molecule has 140 valence electrons. The van der Waals surface area contributed by atoms with Crippen molar-refractivity contribution in [2.75, 3.05) is 7.11 Å². The van der Waals surface area contributed by atoms with Crippen LogP contribution in [0.5, 0.6) is 5.75 Å². The molecule has 25 heavy (non-hydrogen) atoms. The number of rotatable bonds is 3. The molecule has 0 spiro atoms. The van der Waals surface area contributed by atoms with Gasteiger partial charge in [-0.3, -0.25) is 4.57 Å². The van der Waals surface area contributed by atoms with E-state index >= 15 is 0 Å². The van der Waals surface area contributed by atoms with Gasteiger partial charge in [-0.25, -0.2) is 0 Å². The largest absolute Gasteiger partial charge is 0.507 e. The van der Waals surface area contributed by atoms with Gasteiger partial charge in [-0.2, -0.15) is 0 Å². The van der Waals surface area contributed by atoms with Gasteiger partial charge >= 0.3 is 7.60 Å². The van der Waals surface area contributed by atoms with Crippen LogP contribution in [0.4, 0.5) is 0 Å². The number of aromatic hydroxyl groups is 1. The number of hydrogen-bond acceptors (Lipinski definition) is 5. The molecule has 2 N–H and O–H groups in total. The molecule has 0 fully saturated rings. The Morgan fingerprint density at radius 2 is 1.64 bits per heavy atom. The second-order valence-corrected chi connectivity index (χ2v) is 10.5. The molecule has 2 atom stereocenters. The Labute approximate surface area is 149 Å². The third kappa shape index (κ3) is 4.08. The summed E-state index contributed by atoms with van der Waals surface area (Å²) in [6.07, 6.45) is 0.180. The van der Waals surface area contributed by atoms with Gasteiger partial charge in [0, 0.05) is 30.2 Å². The summed E-state index contributed by atoms with van der Waals surface area (Å²) >= 11 is 0. The third-order valence-electron chi connectivity index (χ3n) is 4.34. The van der Waals surface area contributed by atoms with Crippen LogP contribution in [0.15, 0.2) is 17.3 Å². The maximum absolute atomic E-state index is 12.0. The van der Waals surface area contributed by atoms with E-state index in [9.17, 15) is 14.6 Å². The summed E-state index contributed by atoms with van der Waals surface area (Å²) in [5, 5.41) is 14.8. The molecule has 2 rings (SSSR count). The van der Waals surface area contributed by atoms with E-state index in [1.54, 1.807) is 0 Å². The van der Waals surface area contributed by atoms with E-state index < -0.39 is 13.4 Å². The summed E-state index contributed by atoms with van der Waals surface area (Å²) in [6.45, 7) is 12.2. The summed E-state index contributed by atoms with van der Waals surface area (Å²) < 4.78 is 16.6. The topological polar surface area (TPSA) is 88.4 Å². The quantitative estimate of drug-likeness (QED) is 0.777. The van der Waals surface area contributed by atoms with Crippen LogP contribution < -0.4 is 0 Å². The molecule has 0 bridgehead atoms. The molecule has 1 aliphatic rings. The van der Waals surface area contributed by atoms with Crippen LogP contribution in [-0.4, -0.2) is 28.7 Å². The Hall–Kier alpha value is -1.36. The van der Waals surface area contributed by atoms with E-state index in [0.717, 1.165) is 16.7 Å². The van der Waals surface area contributed by atoms with Crippen LogP contribution in [0.25, 0.3) is 0 Å². The molecule has 0 aliphatic carbocycles. The molecule has 1 heterocycles. The number of nitrogens with zero attached hydrogens (tertiary/aromatic N) is 1. The summed E-state index contributed by atoms with van der Waals surface area (Å²) in [5.41, 5.74) is 2.44. The van der Waals surface area contributed by atoms with Crippen molar-refractivity contribution in [2.24, 2.45) is 5.16 Å². The molecule has 2 unspecified atom stereocenters. The molecule has 6 nitrogen and oxygen atoms in total. The first-order valence-electron chi connectivity index (χ1n) is 8.26. The van der Waals surface area contributed by atoms with E-state index in [2.05, 4.69) is 9.68 Å². The molecular formula is C18H28NO5P. The van der Waals surface area contributed by atoms with Crippen LogP contribution in [0.2, 0.25) is 0 Å². The van der Waals surface area contributed by atoms with Gasteiger partial charge in [-0.05, 0) is 23.0 Å². The van der Waals surface area contributed by atoms with Crippen molar-refractivity contribution < 1.29 is 23.9 Å². The first-order valence-corrected chi connectivity index (χ1v) is 9.91. The standard InChI is InChI=1S/C18H28NO5P/c1-17(2,3)12-8-11(9-13(16(12)20)18(4,5)6)14-10-15(24-19-14)25(21,22)23-7/h8-9,15,20H,10H2,1-7H3,(H,21,22). The zero-order valence-electron chi connectivity index (χ0n) is 16.0. The van der Waals surface area contributed by atoms with Gasteiger partial charge in [-0.1, -0.05) is 46.7 Å². The Balaban J connectivity index is 2.52. The fourth-order valence-corrected chi connectivity index (χ4v) is 3.58. The van der Waals surface area contributed by atoms with Crippen molar-refractivity contribution in [2.45, 2.75) is 64.6 Å². The normalized spacial score (nSPS) is 20.8. The zero-order valence-corrected chi connectivity index (χ0v) is 16.8. The van der Waals surface area contributed by atoms with Gasteiger partial charge < -0.3 is 19.4 Å². The highest BCUT2D eigenvalue weighted by molar-refractivity contribution is 7.53. The molecule has 0 amide bonds. The molecule has 1 aromatic carbocycles. The van der Waals surface area contributed by atoms with Crippen LogP contribution in [0.1, 0.15) is 64.7 Å². The van der Waals surface area contributed by atoms with Crippen molar-refractivity contribution >= 4 is 13.3 Å². The molecule has 0 saturated carbocycles. The lowest BCUT2D eigenvalue weighted by Gasteiger charge is -2.28. The molecule has 0 aromatic heterocycles. The van der Waals surface area contributed by atoms with E-state index in [1.807, 2.05) is 53.7 Å². The number of phenols is 1. The SMILES string of the molecule is COP(=O)(O)C1CC(c2cc(C(C)(C)C)c(O)c(C(C)(C)C)c2)=NO1. The molecule has 7 heteroatoms. The zero-order chi connectivity index (χ0) is 19.2. The lowest BCUT2D eigenvalue weighted by molar-refractivity contribution is 0.112. The van der Waals surface area contributed by atoms with Crippen LogP contribution in [-0.2, 0) is 24.8 Å². The first-order chi connectivity index (χ1) is 11.3. The molecule has 1 aromatic rings. The van der Waals surface area contributed by atoms with Crippen LogP contribution in [0, 0.1) is 0 Å². The second-order valence-electron chi connectivity index (χ2n) is 8.47. The lowest BCUT2D eigenvalue weighted by atomic mass is 9.78. The second kappa shape index (κ2) is 6.42.